The van der Waals surface area contributed by atoms with E-state index in [1.54, 1.807) is 29.1 Å². The first-order chi connectivity index (χ1) is 20.3. The molecule has 1 aromatic heterocycles. The first-order valence-corrected chi connectivity index (χ1v) is 15.0. The fraction of sp³-hybridized carbons (Fsp3) is 0.400. The Balaban J connectivity index is 1.41. The number of primary amides is 1. The van der Waals surface area contributed by atoms with Crippen molar-refractivity contribution in [2.45, 2.75) is 46.9 Å². The number of hydrogen-bond donors (Lipinski definition) is 3. The lowest BCUT2D eigenvalue weighted by Crippen LogP contribution is -2.65. The zero-order valence-corrected chi connectivity index (χ0v) is 23.8. The fourth-order valence-corrected chi connectivity index (χ4v) is 9.48. The number of nitrogens with two attached hydrogens (primary N) is 1. The Morgan fingerprint density at radius 1 is 1.19 bits per heavy atom. The van der Waals surface area contributed by atoms with Gasteiger partial charge in [-0.3, -0.25) is 9.59 Å². The van der Waals surface area contributed by atoms with Crippen molar-refractivity contribution >= 4 is 23.6 Å². The van der Waals surface area contributed by atoms with Gasteiger partial charge in [-0.1, -0.05) is 60.7 Å². The molecular weight excluding hydrogens is 556 g/mol. The molecule has 2 amide bonds. The number of amides is 2. The maximum absolute atomic E-state index is 13.7. The maximum Gasteiger partial charge on any atom is 0.259 e. The van der Waals surface area contributed by atoms with E-state index in [0.29, 0.717) is 5.57 Å². The topological polar surface area (TPSA) is 157 Å². The molecule has 4 N–H and O–H groups in total. The van der Waals surface area contributed by atoms with Gasteiger partial charge in [0.1, 0.15) is 18.0 Å². The third-order valence-electron chi connectivity index (χ3n) is 9.62. The summed E-state index contributed by atoms with van der Waals surface area (Å²) in [5.41, 5.74) is 8.76. The summed E-state index contributed by atoms with van der Waals surface area (Å²) in [5.74, 6) is -1.51. The second-order valence-electron chi connectivity index (χ2n) is 11.6. The van der Waals surface area contributed by atoms with E-state index < -0.39 is 34.2 Å². The lowest BCUT2D eigenvalue weighted by molar-refractivity contribution is -1.08. The van der Waals surface area contributed by atoms with E-state index in [0.717, 1.165) is 16.8 Å². The number of methoxy groups -OCH3 is 1. The minimum absolute atomic E-state index is 0.101. The number of β-lactam (4-membered cyclic amide) rings is 1. The normalized spacial score (nSPS) is 35.1. The van der Waals surface area contributed by atoms with Crippen molar-refractivity contribution in [2.24, 2.45) is 17.6 Å². The Hall–Kier alpha value is -3.55. The molecule has 4 aliphatic rings. The highest BCUT2D eigenvalue weighted by Crippen LogP contribution is 2.73. The first kappa shape index (κ1) is 27.3. The number of quaternary nitrogens is 1. The highest BCUT2D eigenvalue weighted by Gasteiger charge is 2.72. The summed E-state index contributed by atoms with van der Waals surface area (Å²) in [6.07, 6.45) is 3.16. The quantitative estimate of drug-likeness (QED) is 0.216. The fourth-order valence-electron chi connectivity index (χ4n) is 7.60. The van der Waals surface area contributed by atoms with E-state index in [1.165, 1.54) is 7.11 Å². The molecule has 1 aliphatic carbocycles. The van der Waals surface area contributed by atoms with E-state index in [-0.39, 0.29) is 47.8 Å². The van der Waals surface area contributed by atoms with Crippen molar-refractivity contribution in [1.29, 1.82) is 0 Å². The molecular formula is C30H32N6O5S. The van der Waals surface area contributed by atoms with Gasteiger partial charge in [-0.2, -0.15) is 15.4 Å². The van der Waals surface area contributed by atoms with Gasteiger partial charge in [0.15, 0.2) is 6.10 Å². The number of carbonyl (C=O) groups is 2. The van der Waals surface area contributed by atoms with Crippen molar-refractivity contribution < 1.29 is 24.3 Å². The highest BCUT2D eigenvalue weighted by molar-refractivity contribution is 8.01. The van der Waals surface area contributed by atoms with Crippen LogP contribution in [0.5, 0.6) is 0 Å². The molecule has 4 heterocycles. The molecule has 11 nitrogen and oxygen atoms in total. The van der Waals surface area contributed by atoms with E-state index in [4.69, 9.17) is 10.5 Å². The summed E-state index contributed by atoms with van der Waals surface area (Å²) >= 11 is 1.57. The Labute approximate surface area is 246 Å². The van der Waals surface area contributed by atoms with E-state index in [2.05, 4.69) is 39.7 Å². The average Bonchev–Trinajstić information content (AvgIpc) is 3.38. The molecule has 3 fully saturated rings. The van der Waals surface area contributed by atoms with Crippen molar-refractivity contribution in [2.75, 3.05) is 13.7 Å². The van der Waals surface area contributed by atoms with Gasteiger partial charge in [-0.05, 0) is 17.0 Å². The summed E-state index contributed by atoms with van der Waals surface area (Å²) < 4.78 is 5.56. The predicted octanol–water partition coefficient (Wildman–Crippen LogP) is 2.65. The van der Waals surface area contributed by atoms with Crippen LogP contribution in [0.25, 0.3) is 0 Å². The van der Waals surface area contributed by atoms with Crippen LogP contribution >= 0.6 is 11.8 Å². The molecule has 42 heavy (non-hydrogen) atoms. The van der Waals surface area contributed by atoms with E-state index in [1.807, 2.05) is 36.4 Å². The largest absolute Gasteiger partial charge is 0.598 e. The van der Waals surface area contributed by atoms with Gasteiger partial charge in [0, 0.05) is 54.2 Å². The van der Waals surface area contributed by atoms with Crippen LogP contribution in [-0.4, -0.2) is 78.6 Å². The maximum atomic E-state index is 13.7. The summed E-state index contributed by atoms with van der Waals surface area (Å²) in [5, 5.41) is 35.7. The molecule has 7 rings (SSSR count). The summed E-state index contributed by atoms with van der Waals surface area (Å²) in [4.78, 5) is 25.4. The predicted molar refractivity (Wildman–Crippen MR) is 153 cm³/mol. The molecule has 218 valence electrons. The van der Waals surface area contributed by atoms with Crippen molar-refractivity contribution in [3.05, 3.63) is 101 Å². The van der Waals surface area contributed by atoms with Gasteiger partial charge in [-0.15, -0.1) is 11.8 Å². The standard InChI is InChI=1S/C30H32N6O5S/c1-41-25-28(38)35-16-20(22-14-17(27(31)37)12-13-36(22,39)40)26(42-29(25)35)24-23(21-15-32-34-33-21)30(24,18-8-4-2-5-9-18)19-10-6-3-7-11-19/h2-11,15-17,22-26,29,39H,12-14H2,1H3,(H2,31,37)(H,32,33,34)/t17?,22?,23?,24?,25-,26?,29-/m0/s1. The van der Waals surface area contributed by atoms with Gasteiger partial charge in [-0.25, -0.2) is 10.0 Å². The number of carbonyl (C=O) groups excluding carboxylic acids is 2. The number of hydroxylamine groups is 4. The number of ether oxygens (including phenoxy) is 1. The number of piperidine rings is 1. The lowest BCUT2D eigenvalue weighted by atomic mass is 9.81. The van der Waals surface area contributed by atoms with Gasteiger partial charge in [0.05, 0.1) is 11.9 Å². The smallest absolute Gasteiger partial charge is 0.259 e. The van der Waals surface area contributed by atoms with Gasteiger partial charge >= 0.3 is 0 Å². The van der Waals surface area contributed by atoms with Crippen molar-refractivity contribution in [1.82, 2.24) is 20.3 Å². The van der Waals surface area contributed by atoms with Crippen LogP contribution in [0.2, 0.25) is 0 Å². The number of rotatable bonds is 7. The van der Waals surface area contributed by atoms with Gasteiger partial charge in [0.2, 0.25) is 5.91 Å². The lowest BCUT2D eigenvalue weighted by Gasteiger charge is -2.53. The van der Waals surface area contributed by atoms with Crippen LogP contribution in [-0.2, 0) is 19.7 Å². The number of nitrogens with one attached hydrogen (secondary N) is 1. The first-order valence-electron chi connectivity index (χ1n) is 14.1. The third-order valence-corrected chi connectivity index (χ3v) is 11.2. The number of benzene rings is 2. The monoisotopic (exact) mass is 588 g/mol. The average molecular weight is 589 g/mol. The minimum atomic E-state index is -1.52. The second kappa shape index (κ2) is 10.0. The molecule has 2 aromatic carbocycles. The Morgan fingerprint density at radius 2 is 1.86 bits per heavy atom. The van der Waals surface area contributed by atoms with Crippen molar-refractivity contribution in [3.63, 3.8) is 0 Å². The molecule has 0 radical (unpaired) electrons. The van der Waals surface area contributed by atoms with E-state index in [9.17, 15) is 20.0 Å². The Morgan fingerprint density at radius 3 is 2.43 bits per heavy atom. The molecule has 0 spiro atoms. The van der Waals surface area contributed by atoms with Crippen LogP contribution in [0.4, 0.5) is 0 Å². The van der Waals surface area contributed by atoms with Crippen LogP contribution in [0.3, 0.4) is 0 Å². The molecule has 1 saturated carbocycles. The number of H-pyrrole nitrogens is 1. The van der Waals surface area contributed by atoms with Crippen LogP contribution in [0.15, 0.2) is 78.6 Å². The minimum Gasteiger partial charge on any atom is -0.598 e. The van der Waals surface area contributed by atoms with E-state index >= 15 is 0 Å². The van der Waals surface area contributed by atoms with Crippen LogP contribution in [0, 0.1) is 17.0 Å². The van der Waals surface area contributed by atoms with Crippen molar-refractivity contribution in [3.8, 4) is 0 Å². The summed E-state index contributed by atoms with van der Waals surface area (Å²) in [6, 6.07) is 19.5. The van der Waals surface area contributed by atoms with Gasteiger partial charge in [0.25, 0.3) is 5.91 Å². The molecule has 2 saturated heterocycles. The molecule has 3 aromatic rings. The highest BCUT2D eigenvalue weighted by atomic mass is 32.2. The zero-order chi connectivity index (χ0) is 29.2. The molecule has 6 unspecified atom stereocenters. The van der Waals surface area contributed by atoms with Gasteiger partial charge < -0.3 is 20.6 Å². The van der Waals surface area contributed by atoms with Crippen LogP contribution < -0.4 is 5.73 Å². The molecule has 3 aliphatic heterocycles. The van der Waals surface area contributed by atoms with Crippen LogP contribution in [0.1, 0.15) is 35.6 Å². The Kier molecular flexibility index (Phi) is 6.51. The summed E-state index contributed by atoms with van der Waals surface area (Å²) in [6.45, 7) is -0.162. The number of hydrogen-bond acceptors (Lipinski definition) is 8. The number of thioether (sulfide) groups is 1. The third kappa shape index (κ3) is 3.97. The Bertz CT molecular complexity index is 1480. The number of aromatic amines is 1. The summed E-state index contributed by atoms with van der Waals surface area (Å²) in [7, 11) is 1.52. The zero-order valence-electron chi connectivity index (χ0n) is 22.9. The number of aromatic nitrogens is 3. The molecule has 12 heteroatoms. The SMILES string of the molecule is CO[C@H]1C(=O)N2C=C(C3CC(C(N)=O)CC[N+]3([O-])O)C(C3C(c4cn[nH]n4)C3(c3ccccc3)c3ccccc3)S[C@@H]12. The second-order valence-corrected chi connectivity index (χ2v) is 12.9. The number of fused-ring (bicyclic) bond motifs is 1. The molecule has 8 atom stereocenters. The number of nitrogens with zero attached hydrogens (tertiary/aromatic N) is 4. The molecule has 0 bridgehead atoms.